The Kier molecular flexibility index (Phi) is 8.23. The van der Waals surface area contributed by atoms with Crippen molar-refractivity contribution >= 4 is 11.6 Å². The predicted molar refractivity (Wildman–Crippen MR) is 87.0 cm³/mol. The van der Waals surface area contributed by atoms with Crippen molar-refractivity contribution in [1.29, 1.82) is 0 Å². The number of amides is 1. The van der Waals surface area contributed by atoms with E-state index in [1.54, 1.807) is 0 Å². The molecule has 0 fully saturated rings. The van der Waals surface area contributed by atoms with Crippen LogP contribution >= 0.6 is 0 Å². The Hall–Kier alpha value is -1.79. The standard InChI is InChI=1S/C18H25NO2/c1-3-5-11-16(4-2)18(21)19-17-12-8-10-15(14-17)9-6-7-13-20/h8,10,12,14,16,20H,3-5,7,11,13H2,1-2H3,(H,19,21). The summed E-state index contributed by atoms with van der Waals surface area (Å²) < 4.78 is 0. The summed E-state index contributed by atoms with van der Waals surface area (Å²) in [5, 5.41) is 11.7. The first-order valence-electron chi connectivity index (χ1n) is 7.71. The monoisotopic (exact) mass is 287 g/mol. The molecule has 3 heteroatoms. The Labute approximate surface area is 127 Å². The molecule has 1 amide bonds. The lowest BCUT2D eigenvalue weighted by atomic mass is 9.98. The summed E-state index contributed by atoms with van der Waals surface area (Å²) in [6, 6.07) is 7.52. The first-order valence-corrected chi connectivity index (χ1v) is 7.71. The van der Waals surface area contributed by atoms with E-state index >= 15 is 0 Å². The van der Waals surface area contributed by atoms with Gasteiger partial charge in [0.2, 0.25) is 5.91 Å². The average Bonchev–Trinajstić information content (AvgIpc) is 2.49. The highest BCUT2D eigenvalue weighted by Gasteiger charge is 2.15. The maximum absolute atomic E-state index is 12.2. The van der Waals surface area contributed by atoms with E-state index in [4.69, 9.17) is 5.11 Å². The van der Waals surface area contributed by atoms with Crippen molar-refractivity contribution in [2.24, 2.45) is 5.92 Å². The van der Waals surface area contributed by atoms with Gasteiger partial charge in [0.05, 0.1) is 6.61 Å². The highest BCUT2D eigenvalue weighted by molar-refractivity contribution is 5.92. The first kappa shape index (κ1) is 17.3. The van der Waals surface area contributed by atoms with Gasteiger partial charge in [0, 0.05) is 23.6 Å². The van der Waals surface area contributed by atoms with Gasteiger partial charge in [-0.2, -0.15) is 0 Å². The Morgan fingerprint density at radius 3 is 2.86 bits per heavy atom. The third-order valence-electron chi connectivity index (χ3n) is 3.37. The normalized spacial score (nSPS) is 11.4. The van der Waals surface area contributed by atoms with E-state index in [9.17, 15) is 4.79 Å². The Morgan fingerprint density at radius 1 is 1.38 bits per heavy atom. The minimum atomic E-state index is 0.0685. The molecule has 0 heterocycles. The van der Waals surface area contributed by atoms with Crippen LogP contribution in [0.1, 0.15) is 51.5 Å². The highest BCUT2D eigenvalue weighted by atomic mass is 16.2. The van der Waals surface area contributed by atoms with Crippen LogP contribution in [0.5, 0.6) is 0 Å². The molecule has 0 aromatic heterocycles. The van der Waals surface area contributed by atoms with Crippen LogP contribution in [0.3, 0.4) is 0 Å². The molecule has 114 valence electrons. The van der Waals surface area contributed by atoms with Gasteiger partial charge in [0.15, 0.2) is 0 Å². The molecule has 1 atom stereocenters. The van der Waals surface area contributed by atoms with E-state index in [0.717, 1.165) is 36.9 Å². The summed E-state index contributed by atoms with van der Waals surface area (Å²) in [6.45, 7) is 4.26. The second-order valence-electron chi connectivity index (χ2n) is 5.09. The number of nitrogens with one attached hydrogen (secondary N) is 1. The molecule has 0 bridgehead atoms. The minimum absolute atomic E-state index is 0.0685. The number of rotatable bonds is 7. The van der Waals surface area contributed by atoms with Crippen molar-refractivity contribution in [3.8, 4) is 11.8 Å². The molecule has 0 aliphatic heterocycles. The van der Waals surface area contributed by atoms with Crippen molar-refractivity contribution < 1.29 is 9.90 Å². The third-order valence-corrected chi connectivity index (χ3v) is 3.37. The number of hydrogen-bond acceptors (Lipinski definition) is 2. The van der Waals surface area contributed by atoms with E-state index < -0.39 is 0 Å². The number of benzene rings is 1. The third kappa shape index (κ3) is 6.46. The second kappa shape index (κ2) is 10.0. The number of carbonyl (C=O) groups excluding carboxylic acids is 1. The Morgan fingerprint density at radius 2 is 2.19 bits per heavy atom. The zero-order valence-corrected chi connectivity index (χ0v) is 13.0. The lowest BCUT2D eigenvalue weighted by molar-refractivity contribution is -0.120. The Bertz CT molecular complexity index is 499. The van der Waals surface area contributed by atoms with Crippen LogP contribution in [-0.4, -0.2) is 17.6 Å². The van der Waals surface area contributed by atoms with E-state index in [1.807, 2.05) is 24.3 Å². The number of hydrogen-bond donors (Lipinski definition) is 2. The van der Waals surface area contributed by atoms with Gasteiger partial charge >= 0.3 is 0 Å². The fraction of sp³-hybridized carbons (Fsp3) is 0.500. The molecule has 0 radical (unpaired) electrons. The molecule has 1 unspecified atom stereocenters. The summed E-state index contributed by atoms with van der Waals surface area (Å²) in [5.41, 5.74) is 1.63. The van der Waals surface area contributed by atoms with Crippen molar-refractivity contribution in [3.05, 3.63) is 29.8 Å². The van der Waals surface area contributed by atoms with Crippen LogP contribution in [0.15, 0.2) is 24.3 Å². The summed E-state index contributed by atoms with van der Waals surface area (Å²) in [7, 11) is 0. The number of aliphatic hydroxyl groups excluding tert-OH is 1. The zero-order valence-electron chi connectivity index (χ0n) is 13.0. The van der Waals surface area contributed by atoms with Gasteiger partial charge in [-0.25, -0.2) is 0 Å². The lowest BCUT2D eigenvalue weighted by Crippen LogP contribution is -2.22. The van der Waals surface area contributed by atoms with E-state index in [2.05, 4.69) is 31.0 Å². The van der Waals surface area contributed by atoms with Gasteiger partial charge in [-0.1, -0.05) is 44.6 Å². The molecule has 2 N–H and O–H groups in total. The molecule has 3 nitrogen and oxygen atoms in total. The maximum Gasteiger partial charge on any atom is 0.227 e. The topological polar surface area (TPSA) is 49.3 Å². The number of carbonyl (C=O) groups is 1. The van der Waals surface area contributed by atoms with E-state index in [1.165, 1.54) is 0 Å². The van der Waals surface area contributed by atoms with Gasteiger partial charge in [-0.15, -0.1) is 0 Å². The van der Waals surface area contributed by atoms with Gasteiger partial charge in [-0.3, -0.25) is 4.79 Å². The Balaban J connectivity index is 2.67. The molecule has 1 aromatic carbocycles. The molecule has 21 heavy (non-hydrogen) atoms. The van der Waals surface area contributed by atoms with Crippen molar-refractivity contribution in [1.82, 2.24) is 0 Å². The lowest BCUT2D eigenvalue weighted by Gasteiger charge is -2.14. The van der Waals surface area contributed by atoms with Gasteiger partial charge in [-0.05, 0) is 31.0 Å². The van der Waals surface area contributed by atoms with Crippen LogP contribution in [0.25, 0.3) is 0 Å². The van der Waals surface area contributed by atoms with Crippen molar-refractivity contribution in [3.63, 3.8) is 0 Å². The second-order valence-corrected chi connectivity index (χ2v) is 5.09. The summed E-state index contributed by atoms with van der Waals surface area (Å²) in [5.74, 6) is 6.02. The number of unbranched alkanes of at least 4 members (excludes halogenated alkanes) is 1. The smallest absolute Gasteiger partial charge is 0.227 e. The zero-order chi connectivity index (χ0) is 15.5. The average molecular weight is 287 g/mol. The molecule has 0 saturated heterocycles. The molecule has 0 aliphatic rings. The van der Waals surface area contributed by atoms with Gasteiger partial charge in [0.1, 0.15) is 0 Å². The van der Waals surface area contributed by atoms with Crippen molar-refractivity contribution in [2.75, 3.05) is 11.9 Å². The molecular weight excluding hydrogens is 262 g/mol. The largest absolute Gasteiger partial charge is 0.395 e. The fourth-order valence-corrected chi connectivity index (χ4v) is 2.11. The molecule has 1 rings (SSSR count). The molecule has 1 aromatic rings. The van der Waals surface area contributed by atoms with E-state index in [0.29, 0.717) is 6.42 Å². The quantitative estimate of drug-likeness (QED) is 0.753. The fourth-order valence-electron chi connectivity index (χ4n) is 2.11. The first-order chi connectivity index (χ1) is 10.2. The van der Waals surface area contributed by atoms with Crippen LogP contribution in [0, 0.1) is 17.8 Å². The predicted octanol–water partition coefficient (Wildman–Crippen LogP) is 3.58. The van der Waals surface area contributed by atoms with Crippen LogP contribution < -0.4 is 5.32 Å². The van der Waals surface area contributed by atoms with Crippen LogP contribution in [0.2, 0.25) is 0 Å². The SMILES string of the molecule is CCCCC(CC)C(=O)Nc1cccc(C#CCCO)c1. The van der Waals surface area contributed by atoms with Crippen LogP contribution in [0.4, 0.5) is 5.69 Å². The molecular formula is C18H25NO2. The molecule has 0 spiro atoms. The summed E-state index contributed by atoms with van der Waals surface area (Å²) in [6.07, 6.45) is 4.46. The molecule has 0 saturated carbocycles. The number of aliphatic hydroxyl groups is 1. The maximum atomic E-state index is 12.2. The summed E-state index contributed by atoms with van der Waals surface area (Å²) >= 11 is 0. The summed E-state index contributed by atoms with van der Waals surface area (Å²) in [4.78, 5) is 12.2. The van der Waals surface area contributed by atoms with Gasteiger partial charge in [0.25, 0.3) is 0 Å². The number of anilines is 1. The van der Waals surface area contributed by atoms with Crippen LogP contribution in [-0.2, 0) is 4.79 Å². The highest BCUT2D eigenvalue weighted by Crippen LogP contribution is 2.17. The molecule has 0 aliphatic carbocycles. The minimum Gasteiger partial charge on any atom is -0.395 e. The van der Waals surface area contributed by atoms with Gasteiger partial charge < -0.3 is 10.4 Å². The van der Waals surface area contributed by atoms with E-state index in [-0.39, 0.29) is 18.4 Å². The van der Waals surface area contributed by atoms with Crippen molar-refractivity contribution in [2.45, 2.75) is 46.0 Å².